The standard InChI is InChI=1S/C25H30N4O2.HI/c1-19(21-8-5-4-6-9-21)28-25(26-16-15-23-10-7-17-31-23)27-18-20-11-13-22(14-12-20)24(30)29(2)3;/h4-14,17,19H,15-16,18H2,1-3H3,(H2,26,27,28);1H. The second-order valence-electron chi connectivity index (χ2n) is 7.59. The maximum atomic E-state index is 12.1. The number of rotatable bonds is 8. The van der Waals surface area contributed by atoms with Gasteiger partial charge in [-0.25, -0.2) is 4.99 Å². The van der Waals surface area contributed by atoms with Crippen LogP contribution in [-0.4, -0.2) is 37.4 Å². The number of aliphatic imine (C=N–C) groups is 1. The number of guanidine groups is 1. The predicted octanol–water partition coefficient (Wildman–Crippen LogP) is 4.64. The van der Waals surface area contributed by atoms with E-state index in [0.717, 1.165) is 23.7 Å². The van der Waals surface area contributed by atoms with Crippen molar-refractivity contribution in [3.63, 3.8) is 0 Å². The Hall–Kier alpha value is -2.81. The summed E-state index contributed by atoms with van der Waals surface area (Å²) in [5.74, 6) is 1.66. The van der Waals surface area contributed by atoms with Crippen molar-refractivity contribution in [2.45, 2.75) is 25.9 Å². The van der Waals surface area contributed by atoms with Gasteiger partial charge >= 0.3 is 0 Å². The van der Waals surface area contributed by atoms with Crippen molar-refractivity contribution in [3.05, 3.63) is 95.4 Å². The molecule has 32 heavy (non-hydrogen) atoms. The molecule has 1 amide bonds. The zero-order valence-corrected chi connectivity index (χ0v) is 21.1. The zero-order valence-electron chi connectivity index (χ0n) is 18.7. The SMILES string of the molecule is CC(NC(=NCc1ccc(C(=O)N(C)C)cc1)NCCc1ccco1)c1ccccc1.I. The summed E-state index contributed by atoms with van der Waals surface area (Å²) in [5.41, 5.74) is 2.90. The summed E-state index contributed by atoms with van der Waals surface area (Å²) in [6.07, 6.45) is 2.46. The third-order valence-electron chi connectivity index (χ3n) is 4.92. The lowest BCUT2D eigenvalue weighted by Gasteiger charge is -2.19. The van der Waals surface area contributed by atoms with Crippen LogP contribution in [0.3, 0.4) is 0 Å². The highest BCUT2D eigenvalue weighted by Crippen LogP contribution is 2.12. The highest BCUT2D eigenvalue weighted by molar-refractivity contribution is 14.0. The second-order valence-corrected chi connectivity index (χ2v) is 7.59. The van der Waals surface area contributed by atoms with Crippen LogP contribution in [0.5, 0.6) is 0 Å². The van der Waals surface area contributed by atoms with E-state index in [9.17, 15) is 4.79 Å². The van der Waals surface area contributed by atoms with Crippen molar-refractivity contribution in [1.29, 1.82) is 0 Å². The fourth-order valence-electron chi connectivity index (χ4n) is 3.12. The number of nitrogens with one attached hydrogen (secondary N) is 2. The van der Waals surface area contributed by atoms with Crippen molar-refractivity contribution >= 4 is 35.8 Å². The van der Waals surface area contributed by atoms with Gasteiger partial charge in [0.05, 0.1) is 18.8 Å². The summed E-state index contributed by atoms with van der Waals surface area (Å²) >= 11 is 0. The minimum atomic E-state index is -0.00585. The first-order valence-corrected chi connectivity index (χ1v) is 10.5. The molecule has 1 heterocycles. The molecule has 1 unspecified atom stereocenters. The quantitative estimate of drug-likeness (QED) is 0.246. The summed E-state index contributed by atoms with van der Waals surface area (Å²) in [7, 11) is 3.50. The molecule has 170 valence electrons. The molecule has 0 aliphatic rings. The molecule has 1 aromatic heterocycles. The molecule has 2 aromatic carbocycles. The molecule has 7 heteroatoms. The minimum absolute atomic E-state index is 0. The topological polar surface area (TPSA) is 69.9 Å². The van der Waals surface area contributed by atoms with Crippen molar-refractivity contribution in [2.24, 2.45) is 4.99 Å². The fourth-order valence-corrected chi connectivity index (χ4v) is 3.12. The summed E-state index contributed by atoms with van der Waals surface area (Å²) in [6.45, 7) is 3.33. The molecule has 3 rings (SSSR count). The highest BCUT2D eigenvalue weighted by Gasteiger charge is 2.09. The average Bonchev–Trinajstić information content (AvgIpc) is 3.31. The van der Waals surface area contributed by atoms with Crippen LogP contribution >= 0.6 is 24.0 Å². The van der Waals surface area contributed by atoms with Gasteiger partial charge in [-0.1, -0.05) is 42.5 Å². The van der Waals surface area contributed by atoms with E-state index in [1.807, 2.05) is 54.6 Å². The molecule has 0 saturated heterocycles. The van der Waals surface area contributed by atoms with Crippen molar-refractivity contribution < 1.29 is 9.21 Å². The summed E-state index contributed by atoms with van der Waals surface area (Å²) in [6, 6.07) is 21.8. The molecule has 0 aliphatic carbocycles. The zero-order chi connectivity index (χ0) is 22.1. The number of halogens is 1. The van der Waals surface area contributed by atoms with E-state index in [2.05, 4.69) is 29.7 Å². The van der Waals surface area contributed by atoms with E-state index in [0.29, 0.717) is 18.7 Å². The van der Waals surface area contributed by atoms with Gasteiger partial charge < -0.3 is 20.0 Å². The number of hydrogen-bond acceptors (Lipinski definition) is 3. The van der Waals surface area contributed by atoms with Gasteiger partial charge in [-0.15, -0.1) is 24.0 Å². The van der Waals surface area contributed by atoms with Gasteiger partial charge in [-0.05, 0) is 42.3 Å². The second kappa shape index (κ2) is 12.9. The molecule has 6 nitrogen and oxygen atoms in total. The first kappa shape index (κ1) is 25.5. The number of nitrogens with zero attached hydrogens (tertiary/aromatic N) is 2. The Balaban J connectivity index is 0.00000363. The van der Waals surface area contributed by atoms with Gasteiger partial charge in [-0.2, -0.15) is 0 Å². The van der Waals surface area contributed by atoms with Gasteiger partial charge in [0.25, 0.3) is 5.91 Å². The molecule has 0 saturated carbocycles. The van der Waals surface area contributed by atoms with E-state index in [1.165, 1.54) is 5.56 Å². The molecular formula is C25H31IN4O2. The molecule has 0 radical (unpaired) electrons. The molecule has 0 spiro atoms. The van der Waals surface area contributed by atoms with Gasteiger partial charge in [0.2, 0.25) is 0 Å². The van der Waals surface area contributed by atoms with Crippen LogP contribution in [0.2, 0.25) is 0 Å². The third-order valence-corrected chi connectivity index (χ3v) is 4.92. The Bertz CT molecular complexity index is 971. The van der Waals surface area contributed by atoms with Crippen LogP contribution < -0.4 is 10.6 Å². The van der Waals surface area contributed by atoms with E-state index < -0.39 is 0 Å². The van der Waals surface area contributed by atoms with Gasteiger partial charge in [0, 0.05) is 32.6 Å². The van der Waals surface area contributed by atoms with E-state index in [-0.39, 0.29) is 35.9 Å². The van der Waals surface area contributed by atoms with Crippen LogP contribution in [0, 0.1) is 0 Å². The Labute approximate surface area is 207 Å². The maximum absolute atomic E-state index is 12.1. The summed E-state index contributed by atoms with van der Waals surface area (Å²) in [5, 5.41) is 6.87. The van der Waals surface area contributed by atoms with E-state index in [4.69, 9.17) is 9.41 Å². The van der Waals surface area contributed by atoms with Crippen molar-refractivity contribution in [1.82, 2.24) is 15.5 Å². The monoisotopic (exact) mass is 546 g/mol. The molecule has 3 aromatic rings. The van der Waals surface area contributed by atoms with Crippen molar-refractivity contribution in [2.75, 3.05) is 20.6 Å². The van der Waals surface area contributed by atoms with E-state index in [1.54, 1.807) is 25.3 Å². The predicted molar refractivity (Wildman–Crippen MR) is 139 cm³/mol. The molecular weight excluding hydrogens is 515 g/mol. The number of benzene rings is 2. The summed E-state index contributed by atoms with van der Waals surface area (Å²) < 4.78 is 5.41. The van der Waals surface area contributed by atoms with Crippen molar-refractivity contribution in [3.8, 4) is 0 Å². The molecule has 0 bridgehead atoms. The van der Waals surface area contributed by atoms with Gasteiger partial charge in [0.1, 0.15) is 5.76 Å². The van der Waals surface area contributed by atoms with Gasteiger partial charge in [-0.3, -0.25) is 4.79 Å². The van der Waals surface area contributed by atoms with E-state index >= 15 is 0 Å². The molecule has 0 fully saturated rings. The Kier molecular flexibility index (Phi) is 10.3. The Morgan fingerprint density at radius 1 is 1.03 bits per heavy atom. The first-order valence-electron chi connectivity index (χ1n) is 10.5. The third kappa shape index (κ3) is 7.71. The normalized spacial score (nSPS) is 11.9. The van der Waals surface area contributed by atoms with Gasteiger partial charge in [0.15, 0.2) is 5.96 Å². The van der Waals surface area contributed by atoms with Crippen LogP contribution in [0.1, 0.15) is 40.2 Å². The fraction of sp³-hybridized carbons (Fsp3) is 0.280. The molecule has 0 aliphatic heterocycles. The lowest BCUT2D eigenvalue weighted by Crippen LogP contribution is -2.39. The van der Waals surface area contributed by atoms with Crippen LogP contribution in [-0.2, 0) is 13.0 Å². The minimum Gasteiger partial charge on any atom is -0.469 e. The lowest BCUT2D eigenvalue weighted by atomic mass is 10.1. The lowest BCUT2D eigenvalue weighted by molar-refractivity contribution is 0.0827. The smallest absolute Gasteiger partial charge is 0.253 e. The summed E-state index contributed by atoms with van der Waals surface area (Å²) in [4.78, 5) is 18.4. The van der Waals surface area contributed by atoms with Crippen LogP contribution in [0.15, 0.2) is 82.4 Å². The van der Waals surface area contributed by atoms with Crippen LogP contribution in [0.4, 0.5) is 0 Å². The molecule has 2 N–H and O–H groups in total. The number of furan rings is 1. The number of amides is 1. The molecule has 1 atom stereocenters. The maximum Gasteiger partial charge on any atom is 0.253 e. The number of carbonyl (C=O) groups is 1. The Morgan fingerprint density at radius 2 is 1.75 bits per heavy atom. The number of carbonyl (C=O) groups excluding carboxylic acids is 1. The van der Waals surface area contributed by atoms with Crippen LogP contribution in [0.25, 0.3) is 0 Å². The number of hydrogen-bond donors (Lipinski definition) is 2. The highest BCUT2D eigenvalue weighted by atomic mass is 127. The average molecular weight is 546 g/mol. The largest absolute Gasteiger partial charge is 0.469 e. The Morgan fingerprint density at radius 3 is 2.38 bits per heavy atom. The first-order chi connectivity index (χ1) is 15.0.